The third-order valence-corrected chi connectivity index (χ3v) is 3.40. The van der Waals surface area contributed by atoms with Gasteiger partial charge in [0.2, 0.25) is 0 Å². The summed E-state index contributed by atoms with van der Waals surface area (Å²) >= 11 is 0. The van der Waals surface area contributed by atoms with Gasteiger partial charge in [0.25, 0.3) is 0 Å². The van der Waals surface area contributed by atoms with Crippen molar-refractivity contribution in [2.24, 2.45) is 0 Å². The van der Waals surface area contributed by atoms with Crippen LogP contribution in [0, 0.1) is 0 Å². The zero-order valence-electron chi connectivity index (χ0n) is 10.4. The normalized spacial score (nSPS) is 18.7. The number of halogens is 2. The standard InChI is InChI=1S/C13H18N2O.2ClH/c1-2-12-9-16-10-13(12)7-11(1)8-15-5-3-14-4-6-15;;/h1-2,7,14H,3-6,8-10H2;2*1H. The van der Waals surface area contributed by atoms with Gasteiger partial charge in [0.15, 0.2) is 0 Å². The molecule has 2 aliphatic heterocycles. The highest BCUT2D eigenvalue weighted by atomic mass is 35.5. The molecule has 0 unspecified atom stereocenters. The predicted octanol–water partition coefficient (Wildman–Crippen LogP) is 1.97. The molecule has 1 aromatic rings. The molecule has 0 aromatic heterocycles. The van der Waals surface area contributed by atoms with E-state index >= 15 is 0 Å². The van der Waals surface area contributed by atoms with Crippen molar-refractivity contribution in [2.45, 2.75) is 19.8 Å². The second kappa shape index (κ2) is 7.31. The number of nitrogens with one attached hydrogen (secondary N) is 1. The molecule has 3 rings (SSSR count). The lowest BCUT2D eigenvalue weighted by Gasteiger charge is -2.27. The fraction of sp³-hybridized carbons (Fsp3) is 0.538. The van der Waals surface area contributed by atoms with E-state index in [-0.39, 0.29) is 24.8 Å². The second-order valence-electron chi connectivity index (χ2n) is 4.62. The Labute approximate surface area is 121 Å². The first-order valence-corrected chi connectivity index (χ1v) is 6.03. The lowest BCUT2D eigenvalue weighted by Crippen LogP contribution is -2.42. The van der Waals surface area contributed by atoms with Gasteiger partial charge in [-0.3, -0.25) is 4.90 Å². The molecule has 2 heterocycles. The van der Waals surface area contributed by atoms with Gasteiger partial charge in [-0.25, -0.2) is 0 Å². The minimum atomic E-state index is 0. The highest BCUT2D eigenvalue weighted by Crippen LogP contribution is 2.21. The van der Waals surface area contributed by atoms with Crippen LogP contribution >= 0.6 is 24.8 Å². The smallest absolute Gasteiger partial charge is 0.0725 e. The monoisotopic (exact) mass is 290 g/mol. The SMILES string of the molecule is Cl.Cl.c1cc2c(cc1CN1CCNCC1)COC2. The maximum Gasteiger partial charge on any atom is 0.0725 e. The van der Waals surface area contributed by atoms with Gasteiger partial charge in [-0.1, -0.05) is 18.2 Å². The number of benzene rings is 1. The van der Waals surface area contributed by atoms with E-state index in [2.05, 4.69) is 28.4 Å². The molecule has 0 saturated carbocycles. The summed E-state index contributed by atoms with van der Waals surface area (Å²) in [6.45, 7) is 7.23. The van der Waals surface area contributed by atoms with Crippen LogP contribution in [0.15, 0.2) is 18.2 Å². The highest BCUT2D eigenvalue weighted by Gasteiger charge is 2.13. The van der Waals surface area contributed by atoms with E-state index in [0.717, 1.165) is 45.9 Å². The summed E-state index contributed by atoms with van der Waals surface area (Å²) in [4.78, 5) is 2.51. The second-order valence-corrected chi connectivity index (χ2v) is 4.62. The summed E-state index contributed by atoms with van der Waals surface area (Å²) in [5.41, 5.74) is 4.17. The van der Waals surface area contributed by atoms with Crippen LogP contribution in [-0.4, -0.2) is 31.1 Å². The van der Waals surface area contributed by atoms with Crippen molar-refractivity contribution < 1.29 is 4.74 Å². The molecule has 5 heteroatoms. The molecule has 1 saturated heterocycles. The average Bonchev–Trinajstić information content (AvgIpc) is 2.77. The van der Waals surface area contributed by atoms with E-state index in [0.29, 0.717) is 0 Å². The summed E-state index contributed by atoms with van der Waals surface area (Å²) in [7, 11) is 0. The number of hydrogen-bond acceptors (Lipinski definition) is 3. The van der Waals surface area contributed by atoms with Crippen LogP contribution in [0.2, 0.25) is 0 Å². The Balaban J connectivity index is 0.000000810. The minimum absolute atomic E-state index is 0. The lowest BCUT2D eigenvalue weighted by molar-refractivity contribution is 0.134. The van der Waals surface area contributed by atoms with E-state index < -0.39 is 0 Å². The maximum atomic E-state index is 5.44. The van der Waals surface area contributed by atoms with Gasteiger partial charge in [0.1, 0.15) is 0 Å². The fourth-order valence-corrected chi connectivity index (χ4v) is 2.45. The zero-order chi connectivity index (χ0) is 10.8. The fourth-order valence-electron chi connectivity index (χ4n) is 2.45. The molecule has 0 aliphatic carbocycles. The molecule has 0 radical (unpaired) electrons. The summed E-state index contributed by atoms with van der Waals surface area (Å²) < 4.78 is 5.44. The molecule has 0 bridgehead atoms. The third kappa shape index (κ3) is 3.59. The zero-order valence-corrected chi connectivity index (χ0v) is 12.0. The van der Waals surface area contributed by atoms with Crippen molar-refractivity contribution in [2.75, 3.05) is 26.2 Å². The number of nitrogens with zero attached hydrogens (tertiary/aromatic N) is 1. The maximum absolute atomic E-state index is 5.44. The van der Waals surface area contributed by atoms with Gasteiger partial charge in [0, 0.05) is 32.7 Å². The van der Waals surface area contributed by atoms with Crippen molar-refractivity contribution in [3.05, 3.63) is 34.9 Å². The molecule has 1 aromatic carbocycles. The van der Waals surface area contributed by atoms with Crippen LogP contribution in [0.25, 0.3) is 0 Å². The van der Waals surface area contributed by atoms with Gasteiger partial charge in [-0.15, -0.1) is 24.8 Å². The van der Waals surface area contributed by atoms with Crippen molar-refractivity contribution in [1.29, 1.82) is 0 Å². The summed E-state index contributed by atoms with van der Waals surface area (Å²) in [5.74, 6) is 0. The van der Waals surface area contributed by atoms with Crippen molar-refractivity contribution >= 4 is 24.8 Å². The minimum Gasteiger partial charge on any atom is -0.372 e. The Morgan fingerprint density at radius 2 is 1.78 bits per heavy atom. The van der Waals surface area contributed by atoms with Gasteiger partial charge in [-0.2, -0.15) is 0 Å². The Morgan fingerprint density at radius 1 is 1.06 bits per heavy atom. The largest absolute Gasteiger partial charge is 0.372 e. The van der Waals surface area contributed by atoms with Gasteiger partial charge < -0.3 is 10.1 Å². The van der Waals surface area contributed by atoms with Crippen LogP contribution < -0.4 is 5.32 Å². The van der Waals surface area contributed by atoms with Gasteiger partial charge in [0.05, 0.1) is 13.2 Å². The van der Waals surface area contributed by atoms with Crippen LogP contribution in [0.1, 0.15) is 16.7 Å². The number of rotatable bonds is 2. The predicted molar refractivity (Wildman–Crippen MR) is 77.6 cm³/mol. The quantitative estimate of drug-likeness (QED) is 0.901. The van der Waals surface area contributed by atoms with Crippen LogP contribution in [0.4, 0.5) is 0 Å². The van der Waals surface area contributed by atoms with Crippen molar-refractivity contribution in [3.63, 3.8) is 0 Å². The Kier molecular flexibility index (Phi) is 6.39. The van der Waals surface area contributed by atoms with E-state index in [1.165, 1.54) is 16.7 Å². The molecule has 102 valence electrons. The van der Waals surface area contributed by atoms with E-state index in [1.807, 2.05) is 0 Å². The Bertz CT molecular complexity index is 381. The summed E-state index contributed by atoms with van der Waals surface area (Å²) in [6, 6.07) is 6.78. The molecule has 1 fully saturated rings. The summed E-state index contributed by atoms with van der Waals surface area (Å²) in [5, 5.41) is 3.38. The Hall–Kier alpha value is -0.320. The molecular weight excluding hydrogens is 271 g/mol. The number of piperazine rings is 1. The number of fused-ring (bicyclic) bond motifs is 1. The van der Waals surface area contributed by atoms with Crippen molar-refractivity contribution in [3.8, 4) is 0 Å². The number of ether oxygens (including phenoxy) is 1. The van der Waals surface area contributed by atoms with Crippen LogP contribution in [0.3, 0.4) is 0 Å². The highest BCUT2D eigenvalue weighted by molar-refractivity contribution is 5.85. The van der Waals surface area contributed by atoms with Crippen LogP contribution in [-0.2, 0) is 24.5 Å². The van der Waals surface area contributed by atoms with E-state index in [9.17, 15) is 0 Å². The summed E-state index contributed by atoms with van der Waals surface area (Å²) in [6.07, 6.45) is 0. The topological polar surface area (TPSA) is 24.5 Å². The number of hydrogen-bond donors (Lipinski definition) is 1. The van der Waals surface area contributed by atoms with Crippen LogP contribution in [0.5, 0.6) is 0 Å². The molecule has 0 amide bonds. The Morgan fingerprint density at radius 3 is 2.56 bits per heavy atom. The first-order valence-electron chi connectivity index (χ1n) is 6.03. The molecule has 0 atom stereocenters. The van der Waals surface area contributed by atoms with Crippen molar-refractivity contribution in [1.82, 2.24) is 10.2 Å². The van der Waals surface area contributed by atoms with Gasteiger partial charge in [-0.05, 0) is 16.7 Å². The molecule has 3 nitrogen and oxygen atoms in total. The van der Waals surface area contributed by atoms with E-state index in [1.54, 1.807) is 0 Å². The third-order valence-electron chi connectivity index (χ3n) is 3.40. The van der Waals surface area contributed by atoms with Gasteiger partial charge >= 0.3 is 0 Å². The average molecular weight is 291 g/mol. The molecule has 18 heavy (non-hydrogen) atoms. The lowest BCUT2D eigenvalue weighted by atomic mass is 10.1. The molecule has 2 aliphatic rings. The molecule has 1 N–H and O–H groups in total. The first-order chi connectivity index (χ1) is 7.92. The molecule has 0 spiro atoms. The first kappa shape index (κ1) is 15.7. The van der Waals surface area contributed by atoms with E-state index in [4.69, 9.17) is 4.74 Å². The molecular formula is C13H20Cl2N2O.